The zero-order valence-corrected chi connectivity index (χ0v) is 17.8. The molecule has 0 aromatic heterocycles. The fourth-order valence-electron chi connectivity index (χ4n) is 4.46. The summed E-state index contributed by atoms with van der Waals surface area (Å²) in [6.45, 7) is 7.37. The first-order valence-electron chi connectivity index (χ1n) is 10.9. The Kier molecular flexibility index (Phi) is 4.91. The highest BCUT2D eigenvalue weighted by Crippen LogP contribution is 2.37. The van der Waals surface area contributed by atoms with Crippen LogP contribution in [0.15, 0.2) is 64.6 Å². The molecule has 5 nitrogen and oxygen atoms in total. The smallest absolute Gasteiger partial charge is 0.137 e. The molecule has 3 aliphatic heterocycles. The van der Waals surface area contributed by atoms with Crippen LogP contribution in [0.2, 0.25) is 0 Å². The number of aliphatic imine (C=N–C) groups is 1. The van der Waals surface area contributed by atoms with Crippen LogP contribution in [0.25, 0.3) is 5.70 Å². The van der Waals surface area contributed by atoms with E-state index in [1.54, 1.807) is 0 Å². The SMILES string of the molecule is Cc1ccc(C2=CC(=C3CCC3)N3C=C(N4CCN[C@@H](C)C4)C=CC3=N2)cc1C=N. The van der Waals surface area contributed by atoms with Crippen LogP contribution in [0.3, 0.4) is 0 Å². The molecule has 3 heterocycles. The zero-order valence-electron chi connectivity index (χ0n) is 17.8. The van der Waals surface area contributed by atoms with Crippen molar-refractivity contribution in [2.24, 2.45) is 4.99 Å². The lowest BCUT2D eigenvalue weighted by Gasteiger charge is -2.38. The molecule has 5 heteroatoms. The van der Waals surface area contributed by atoms with Crippen molar-refractivity contribution in [3.8, 4) is 0 Å². The molecule has 0 amide bonds. The van der Waals surface area contributed by atoms with Crippen molar-refractivity contribution < 1.29 is 0 Å². The van der Waals surface area contributed by atoms with Crippen LogP contribution in [0.5, 0.6) is 0 Å². The minimum Gasteiger partial charge on any atom is -0.368 e. The predicted molar refractivity (Wildman–Crippen MR) is 123 cm³/mol. The van der Waals surface area contributed by atoms with Crippen molar-refractivity contribution in [1.29, 1.82) is 5.41 Å². The van der Waals surface area contributed by atoms with Gasteiger partial charge in [-0.2, -0.15) is 0 Å². The van der Waals surface area contributed by atoms with Crippen molar-refractivity contribution in [2.75, 3.05) is 19.6 Å². The van der Waals surface area contributed by atoms with Crippen LogP contribution < -0.4 is 5.32 Å². The molecule has 1 aromatic carbocycles. The molecule has 2 fully saturated rings. The zero-order chi connectivity index (χ0) is 20.7. The molecule has 1 atom stereocenters. The van der Waals surface area contributed by atoms with E-state index in [4.69, 9.17) is 10.4 Å². The molecule has 0 bridgehead atoms. The number of nitrogens with zero attached hydrogens (tertiary/aromatic N) is 3. The molecule has 154 valence electrons. The third-order valence-electron chi connectivity index (χ3n) is 6.46. The molecule has 1 saturated heterocycles. The van der Waals surface area contributed by atoms with Crippen molar-refractivity contribution in [3.63, 3.8) is 0 Å². The minimum absolute atomic E-state index is 0.505. The fourth-order valence-corrected chi connectivity index (χ4v) is 4.46. The Morgan fingerprint density at radius 3 is 2.83 bits per heavy atom. The average molecular weight is 400 g/mol. The average Bonchev–Trinajstić information content (AvgIpc) is 2.72. The van der Waals surface area contributed by atoms with Crippen molar-refractivity contribution in [2.45, 2.75) is 39.2 Å². The molecule has 4 aliphatic rings. The van der Waals surface area contributed by atoms with Gasteiger partial charge in [-0.05, 0) is 74.1 Å². The highest BCUT2D eigenvalue weighted by Gasteiger charge is 2.28. The Balaban J connectivity index is 1.52. The largest absolute Gasteiger partial charge is 0.368 e. The van der Waals surface area contributed by atoms with Gasteiger partial charge in [0.25, 0.3) is 0 Å². The third-order valence-corrected chi connectivity index (χ3v) is 6.46. The van der Waals surface area contributed by atoms with Crippen LogP contribution in [0.4, 0.5) is 0 Å². The number of amidine groups is 1. The van der Waals surface area contributed by atoms with Gasteiger partial charge in [0.2, 0.25) is 0 Å². The topological polar surface area (TPSA) is 54.7 Å². The fraction of sp³-hybridized carbons (Fsp3) is 0.360. The quantitative estimate of drug-likeness (QED) is 0.750. The molecule has 0 spiro atoms. The molecule has 5 rings (SSSR count). The monoisotopic (exact) mass is 399 g/mol. The molecule has 0 radical (unpaired) electrons. The maximum atomic E-state index is 7.70. The van der Waals surface area contributed by atoms with E-state index in [-0.39, 0.29) is 0 Å². The van der Waals surface area contributed by atoms with Crippen molar-refractivity contribution in [1.82, 2.24) is 15.1 Å². The minimum atomic E-state index is 0.505. The van der Waals surface area contributed by atoms with Gasteiger partial charge in [-0.3, -0.25) is 4.90 Å². The summed E-state index contributed by atoms with van der Waals surface area (Å²) in [6, 6.07) is 6.78. The number of aryl methyl sites for hydroxylation is 1. The highest BCUT2D eigenvalue weighted by molar-refractivity contribution is 6.02. The molecular formula is C25H29N5. The molecular weight excluding hydrogens is 370 g/mol. The Bertz CT molecular complexity index is 1030. The third kappa shape index (κ3) is 3.43. The van der Waals surface area contributed by atoms with Gasteiger partial charge < -0.3 is 15.6 Å². The van der Waals surface area contributed by atoms with Gasteiger partial charge in [-0.1, -0.05) is 12.1 Å². The van der Waals surface area contributed by atoms with Gasteiger partial charge in [0.1, 0.15) is 5.84 Å². The summed E-state index contributed by atoms with van der Waals surface area (Å²) in [6.07, 6.45) is 13.9. The first kappa shape index (κ1) is 19.1. The summed E-state index contributed by atoms with van der Waals surface area (Å²) in [4.78, 5) is 9.75. The van der Waals surface area contributed by atoms with E-state index < -0.39 is 0 Å². The van der Waals surface area contributed by atoms with Crippen LogP contribution in [-0.4, -0.2) is 47.5 Å². The Morgan fingerprint density at radius 1 is 1.23 bits per heavy atom. The summed E-state index contributed by atoms with van der Waals surface area (Å²) < 4.78 is 0. The van der Waals surface area contributed by atoms with E-state index in [0.717, 1.165) is 47.9 Å². The van der Waals surface area contributed by atoms with Crippen molar-refractivity contribution >= 4 is 17.7 Å². The number of benzene rings is 1. The molecule has 1 aliphatic carbocycles. The number of hydrogen-bond acceptors (Lipinski definition) is 5. The summed E-state index contributed by atoms with van der Waals surface area (Å²) in [5.41, 5.74) is 8.18. The van der Waals surface area contributed by atoms with Gasteiger partial charge in [0, 0.05) is 49.4 Å². The maximum Gasteiger partial charge on any atom is 0.137 e. The number of nitrogens with one attached hydrogen (secondary N) is 2. The van der Waals surface area contributed by atoms with E-state index >= 15 is 0 Å². The molecule has 0 unspecified atom stereocenters. The second kappa shape index (κ2) is 7.73. The van der Waals surface area contributed by atoms with Gasteiger partial charge in [0.05, 0.1) is 11.4 Å². The highest BCUT2D eigenvalue weighted by atomic mass is 15.3. The summed E-state index contributed by atoms with van der Waals surface area (Å²) >= 11 is 0. The summed E-state index contributed by atoms with van der Waals surface area (Å²) in [7, 11) is 0. The second-order valence-electron chi connectivity index (χ2n) is 8.62. The van der Waals surface area contributed by atoms with E-state index in [2.05, 4.69) is 64.7 Å². The van der Waals surface area contributed by atoms with Crippen LogP contribution in [0.1, 0.15) is 42.9 Å². The van der Waals surface area contributed by atoms with Crippen LogP contribution >= 0.6 is 0 Å². The van der Waals surface area contributed by atoms with Crippen LogP contribution in [0, 0.1) is 12.3 Å². The van der Waals surface area contributed by atoms with Crippen LogP contribution in [-0.2, 0) is 0 Å². The summed E-state index contributed by atoms with van der Waals surface area (Å²) in [5, 5.41) is 11.2. The normalized spacial score (nSPS) is 23.4. The lowest BCUT2D eigenvalue weighted by atomic mass is 9.88. The second-order valence-corrected chi connectivity index (χ2v) is 8.62. The standard InChI is InChI=1S/C25H29N5/c1-17-6-7-20(12-21(17)14-26)23-13-24(19-4-3-5-19)30-16-22(8-9-25(30)28-23)29-11-10-27-18(2)15-29/h6-9,12-14,16,18,26-27H,3-5,10-11,15H2,1-2H3/t18-/m0/s1. The number of rotatable bonds is 3. The number of piperazine rings is 1. The molecule has 30 heavy (non-hydrogen) atoms. The van der Waals surface area contributed by atoms with E-state index in [0.29, 0.717) is 6.04 Å². The van der Waals surface area contributed by atoms with E-state index in [1.165, 1.54) is 42.4 Å². The Hall–Kier alpha value is -2.92. The lowest BCUT2D eigenvalue weighted by Crippen LogP contribution is -2.49. The van der Waals surface area contributed by atoms with Gasteiger partial charge in [-0.25, -0.2) is 4.99 Å². The number of allylic oxidation sites excluding steroid dienone is 3. The first-order chi connectivity index (χ1) is 14.6. The van der Waals surface area contributed by atoms with Gasteiger partial charge in [-0.15, -0.1) is 0 Å². The maximum absolute atomic E-state index is 7.70. The number of hydrogen-bond donors (Lipinski definition) is 2. The predicted octanol–water partition coefficient (Wildman–Crippen LogP) is 4.19. The summed E-state index contributed by atoms with van der Waals surface area (Å²) in [5.74, 6) is 0.978. The Labute approximate surface area is 178 Å². The Morgan fingerprint density at radius 2 is 2.10 bits per heavy atom. The lowest BCUT2D eigenvalue weighted by molar-refractivity contribution is 0.259. The molecule has 2 N–H and O–H groups in total. The van der Waals surface area contributed by atoms with Crippen molar-refractivity contribution in [3.05, 3.63) is 76.3 Å². The van der Waals surface area contributed by atoms with Gasteiger partial charge >= 0.3 is 0 Å². The first-order valence-corrected chi connectivity index (χ1v) is 10.9. The van der Waals surface area contributed by atoms with E-state index in [9.17, 15) is 0 Å². The number of fused-ring (bicyclic) bond motifs is 1. The van der Waals surface area contributed by atoms with E-state index in [1.807, 2.05) is 6.92 Å². The van der Waals surface area contributed by atoms with Gasteiger partial charge in [0.15, 0.2) is 0 Å². The molecule has 1 aromatic rings. The molecule has 1 saturated carbocycles.